The highest BCUT2D eigenvalue weighted by atomic mass is 16.2. The standard InChI is InChI=1S/C33H39N7O/c1-23-18-24(2)29(19-28(23)22-37-12-14-38(15-13-37)30-7-5-4-6-27(30)20-34)33(41)40-17-16-39(21-25(40)3)32-31-26(8-10-35-31)9-11-36-32/h6-11,18-19,25,35H,4-5,12-17,21-22H2,1-3H3. The van der Waals surface area contributed by atoms with E-state index in [0.717, 1.165) is 97.8 Å². The topological polar surface area (TPSA) is 82.5 Å². The minimum absolute atomic E-state index is 0.0712. The van der Waals surface area contributed by atoms with Crippen molar-refractivity contribution in [3.63, 3.8) is 0 Å². The second-order valence-electron chi connectivity index (χ2n) is 11.6. The number of allylic oxidation sites excluding steroid dienone is 3. The number of piperazine rings is 2. The number of rotatable bonds is 5. The van der Waals surface area contributed by atoms with E-state index in [9.17, 15) is 10.1 Å². The molecule has 1 aliphatic carbocycles. The summed E-state index contributed by atoms with van der Waals surface area (Å²) in [5.74, 6) is 1.08. The van der Waals surface area contributed by atoms with Gasteiger partial charge >= 0.3 is 0 Å². The number of aryl methyl sites for hydroxylation is 2. The molecule has 8 heteroatoms. The van der Waals surface area contributed by atoms with Gasteiger partial charge in [-0.1, -0.05) is 18.2 Å². The number of anilines is 1. The SMILES string of the molecule is Cc1cc(C)c(C(=O)N2CCN(c3nccc4cc[nH]c34)CC2C)cc1CN1CCN(C2=CCCC=C2C#N)CC1. The number of nitriles is 1. The van der Waals surface area contributed by atoms with E-state index in [-0.39, 0.29) is 11.9 Å². The smallest absolute Gasteiger partial charge is 0.254 e. The molecule has 1 N–H and O–H groups in total. The number of aromatic nitrogens is 2. The minimum atomic E-state index is 0.0712. The van der Waals surface area contributed by atoms with Crippen LogP contribution < -0.4 is 4.90 Å². The summed E-state index contributed by atoms with van der Waals surface area (Å²) < 4.78 is 0. The van der Waals surface area contributed by atoms with Gasteiger partial charge in [-0.15, -0.1) is 0 Å². The molecule has 3 aromatic rings. The lowest BCUT2D eigenvalue weighted by Crippen LogP contribution is -2.54. The first-order chi connectivity index (χ1) is 19.9. The molecule has 2 aromatic heterocycles. The van der Waals surface area contributed by atoms with E-state index in [1.54, 1.807) is 0 Å². The first-order valence-corrected chi connectivity index (χ1v) is 14.8. The Hall–Kier alpha value is -4.09. The van der Waals surface area contributed by atoms with Crippen LogP contribution in [0.2, 0.25) is 0 Å². The van der Waals surface area contributed by atoms with E-state index in [1.807, 2.05) is 23.4 Å². The van der Waals surface area contributed by atoms with Crippen molar-refractivity contribution in [2.45, 2.75) is 46.2 Å². The molecule has 1 amide bonds. The molecule has 3 aliphatic rings. The van der Waals surface area contributed by atoms with E-state index in [4.69, 9.17) is 0 Å². The van der Waals surface area contributed by atoms with Gasteiger partial charge in [0.15, 0.2) is 5.82 Å². The number of aromatic amines is 1. The van der Waals surface area contributed by atoms with E-state index in [0.29, 0.717) is 6.54 Å². The Balaban J connectivity index is 1.12. The summed E-state index contributed by atoms with van der Waals surface area (Å²) >= 11 is 0. The van der Waals surface area contributed by atoms with Crippen LogP contribution in [0.25, 0.3) is 10.9 Å². The number of H-pyrrole nitrogens is 1. The third kappa shape index (κ3) is 5.34. The molecule has 2 aliphatic heterocycles. The lowest BCUT2D eigenvalue weighted by atomic mass is 9.97. The molecule has 6 rings (SSSR count). The summed E-state index contributed by atoms with van der Waals surface area (Å²) in [6.45, 7) is 13.0. The van der Waals surface area contributed by atoms with Crippen LogP contribution in [-0.2, 0) is 6.54 Å². The number of carbonyl (C=O) groups excluding carboxylic acids is 1. The van der Waals surface area contributed by atoms with Gasteiger partial charge in [0, 0.05) is 81.7 Å². The number of amides is 1. The molecule has 41 heavy (non-hydrogen) atoms. The molecule has 1 aromatic carbocycles. The molecule has 212 valence electrons. The predicted octanol–water partition coefficient (Wildman–Crippen LogP) is 4.78. The number of fused-ring (bicyclic) bond motifs is 1. The molecule has 0 radical (unpaired) electrons. The summed E-state index contributed by atoms with van der Waals surface area (Å²) in [6.07, 6.45) is 10.1. The maximum Gasteiger partial charge on any atom is 0.254 e. The van der Waals surface area contributed by atoms with E-state index in [2.05, 4.69) is 81.9 Å². The number of nitrogens with one attached hydrogen (secondary N) is 1. The Kier molecular flexibility index (Phi) is 7.55. The molecule has 0 saturated carbocycles. The highest BCUT2D eigenvalue weighted by molar-refractivity contribution is 5.96. The zero-order valence-electron chi connectivity index (χ0n) is 24.4. The number of hydrogen-bond donors (Lipinski definition) is 1. The van der Waals surface area contributed by atoms with Crippen molar-refractivity contribution >= 4 is 22.6 Å². The Labute approximate surface area is 242 Å². The fraction of sp³-hybridized carbons (Fsp3) is 0.424. The molecule has 4 heterocycles. The largest absolute Gasteiger partial charge is 0.368 e. The van der Waals surface area contributed by atoms with Crippen LogP contribution in [0.5, 0.6) is 0 Å². The average molecular weight is 550 g/mol. The number of pyridine rings is 1. The second-order valence-corrected chi connectivity index (χ2v) is 11.6. The molecule has 0 spiro atoms. The summed E-state index contributed by atoms with van der Waals surface area (Å²) in [5.41, 5.74) is 7.27. The Bertz CT molecular complexity index is 1550. The first-order valence-electron chi connectivity index (χ1n) is 14.8. The van der Waals surface area contributed by atoms with Crippen LogP contribution >= 0.6 is 0 Å². The minimum Gasteiger partial charge on any atom is -0.368 e. The highest BCUT2D eigenvalue weighted by Crippen LogP contribution is 2.28. The summed E-state index contributed by atoms with van der Waals surface area (Å²) in [7, 11) is 0. The van der Waals surface area contributed by atoms with Crippen molar-refractivity contribution in [2.75, 3.05) is 50.7 Å². The van der Waals surface area contributed by atoms with Gasteiger partial charge in [-0.3, -0.25) is 9.69 Å². The van der Waals surface area contributed by atoms with Gasteiger partial charge in [0.25, 0.3) is 5.91 Å². The third-order valence-electron chi connectivity index (χ3n) is 8.91. The predicted molar refractivity (Wildman–Crippen MR) is 163 cm³/mol. The van der Waals surface area contributed by atoms with Crippen LogP contribution in [0.4, 0.5) is 5.82 Å². The van der Waals surface area contributed by atoms with E-state index in [1.165, 1.54) is 11.1 Å². The quantitative estimate of drug-likeness (QED) is 0.494. The lowest BCUT2D eigenvalue weighted by molar-refractivity contribution is 0.0673. The molecule has 1 atom stereocenters. The van der Waals surface area contributed by atoms with E-state index < -0.39 is 0 Å². The van der Waals surface area contributed by atoms with Gasteiger partial charge in [0.2, 0.25) is 0 Å². The maximum absolute atomic E-state index is 13.9. The lowest BCUT2D eigenvalue weighted by Gasteiger charge is -2.41. The summed E-state index contributed by atoms with van der Waals surface area (Å²) in [6, 6.07) is 10.8. The molecular formula is C33H39N7O. The number of benzene rings is 1. The van der Waals surface area contributed by atoms with Gasteiger partial charge in [-0.25, -0.2) is 4.98 Å². The highest BCUT2D eigenvalue weighted by Gasteiger charge is 2.31. The van der Waals surface area contributed by atoms with Gasteiger partial charge in [0.05, 0.1) is 16.8 Å². The van der Waals surface area contributed by atoms with E-state index >= 15 is 0 Å². The Morgan fingerprint density at radius 1 is 1.02 bits per heavy atom. The molecule has 2 fully saturated rings. The van der Waals surface area contributed by atoms with Crippen molar-refractivity contribution in [3.8, 4) is 6.07 Å². The Morgan fingerprint density at radius 3 is 2.59 bits per heavy atom. The zero-order chi connectivity index (χ0) is 28.5. The van der Waals surface area contributed by atoms with Crippen molar-refractivity contribution in [2.24, 2.45) is 0 Å². The summed E-state index contributed by atoms with van der Waals surface area (Å²) in [4.78, 5) is 31.0. The fourth-order valence-corrected chi connectivity index (χ4v) is 6.56. The zero-order valence-corrected chi connectivity index (χ0v) is 24.4. The van der Waals surface area contributed by atoms with Gasteiger partial charge in [-0.05, 0) is 68.5 Å². The number of nitrogens with zero attached hydrogens (tertiary/aromatic N) is 6. The van der Waals surface area contributed by atoms with Crippen molar-refractivity contribution < 1.29 is 4.79 Å². The normalized spacial score (nSPS) is 20.1. The van der Waals surface area contributed by atoms with Crippen LogP contribution in [0.3, 0.4) is 0 Å². The Morgan fingerprint density at radius 2 is 1.80 bits per heavy atom. The molecule has 8 nitrogen and oxygen atoms in total. The second kappa shape index (κ2) is 11.4. The molecule has 0 bridgehead atoms. The maximum atomic E-state index is 13.9. The molecular weight excluding hydrogens is 510 g/mol. The third-order valence-corrected chi connectivity index (χ3v) is 8.91. The number of hydrogen-bond acceptors (Lipinski definition) is 6. The monoisotopic (exact) mass is 549 g/mol. The molecule has 1 unspecified atom stereocenters. The number of carbonyl (C=O) groups is 1. The van der Waals surface area contributed by atoms with Gasteiger partial charge < -0.3 is 19.7 Å². The van der Waals surface area contributed by atoms with Crippen molar-refractivity contribution in [1.29, 1.82) is 5.26 Å². The van der Waals surface area contributed by atoms with Gasteiger partial charge in [-0.2, -0.15) is 5.26 Å². The van der Waals surface area contributed by atoms with Crippen LogP contribution in [0.15, 0.2) is 60.1 Å². The van der Waals surface area contributed by atoms with Crippen molar-refractivity contribution in [1.82, 2.24) is 24.7 Å². The van der Waals surface area contributed by atoms with Crippen LogP contribution in [0, 0.1) is 25.2 Å². The fourth-order valence-electron chi connectivity index (χ4n) is 6.56. The van der Waals surface area contributed by atoms with Crippen molar-refractivity contribution in [3.05, 3.63) is 82.3 Å². The van der Waals surface area contributed by atoms with Crippen LogP contribution in [-0.4, -0.2) is 82.4 Å². The molecule has 2 saturated heterocycles. The first kappa shape index (κ1) is 27.1. The van der Waals surface area contributed by atoms with Gasteiger partial charge in [0.1, 0.15) is 6.07 Å². The van der Waals surface area contributed by atoms with Crippen LogP contribution in [0.1, 0.15) is 46.8 Å². The average Bonchev–Trinajstić information content (AvgIpc) is 3.48. The summed E-state index contributed by atoms with van der Waals surface area (Å²) in [5, 5.41) is 10.7.